The van der Waals surface area contributed by atoms with Gasteiger partial charge in [0.05, 0.1) is 0 Å². The summed E-state index contributed by atoms with van der Waals surface area (Å²) in [7, 11) is 0. The Labute approximate surface area is 166 Å². The van der Waals surface area contributed by atoms with E-state index in [0.717, 1.165) is 17.9 Å². The van der Waals surface area contributed by atoms with Crippen LogP contribution in [0.1, 0.15) is 95.4 Å². The summed E-state index contributed by atoms with van der Waals surface area (Å²) in [5.74, 6) is 1.77. The fraction of sp³-hybridized carbons (Fsp3) is 1.00. The third-order valence-corrected chi connectivity index (χ3v) is 6.77. The zero-order valence-electron chi connectivity index (χ0n) is 20.1. The van der Waals surface area contributed by atoms with Gasteiger partial charge in [0.25, 0.3) is 0 Å². The number of piperidine rings is 1. The highest BCUT2D eigenvalue weighted by atomic mass is 15.2. The second kappa shape index (κ2) is 8.95. The molecule has 2 aliphatic rings. The second-order valence-electron chi connectivity index (χ2n) is 12.3. The molecule has 2 nitrogen and oxygen atoms in total. The van der Waals surface area contributed by atoms with Crippen molar-refractivity contribution >= 4 is 0 Å². The van der Waals surface area contributed by atoms with Gasteiger partial charge >= 0.3 is 0 Å². The molecule has 0 aliphatic carbocycles. The molecule has 0 amide bonds. The summed E-state index contributed by atoms with van der Waals surface area (Å²) < 4.78 is 0. The molecule has 2 rings (SSSR count). The van der Waals surface area contributed by atoms with E-state index in [1.165, 1.54) is 45.4 Å². The van der Waals surface area contributed by atoms with E-state index < -0.39 is 0 Å². The molecular formula is C24H50N2. The van der Waals surface area contributed by atoms with Crippen molar-refractivity contribution in [2.75, 3.05) is 26.2 Å². The van der Waals surface area contributed by atoms with E-state index in [1.54, 1.807) is 0 Å². The summed E-state index contributed by atoms with van der Waals surface area (Å²) >= 11 is 0. The zero-order valence-corrected chi connectivity index (χ0v) is 20.1. The highest BCUT2D eigenvalue weighted by Crippen LogP contribution is 2.35. The minimum atomic E-state index is 0.351. The first-order chi connectivity index (χ1) is 11.6. The first-order valence-corrected chi connectivity index (χ1v) is 11.1. The van der Waals surface area contributed by atoms with E-state index in [2.05, 4.69) is 86.0 Å². The maximum atomic E-state index is 2.65. The van der Waals surface area contributed by atoms with Gasteiger partial charge in [0, 0.05) is 24.7 Å². The molecule has 0 aromatic heterocycles. The number of likely N-dealkylation sites (tertiary alicyclic amines) is 2. The highest BCUT2D eigenvalue weighted by molar-refractivity contribution is 4.87. The van der Waals surface area contributed by atoms with Gasteiger partial charge in [0.15, 0.2) is 0 Å². The molecule has 2 atom stereocenters. The molecule has 0 radical (unpaired) electrons. The van der Waals surface area contributed by atoms with Crippen molar-refractivity contribution in [3.63, 3.8) is 0 Å². The van der Waals surface area contributed by atoms with Crippen LogP contribution in [0.25, 0.3) is 0 Å². The van der Waals surface area contributed by atoms with Gasteiger partial charge in [-0.05, 0) is 89.6 Å². The molecule has 2 heterocycles. The Bertz CT molecular complexity index is 385. The van der Waals surface area contributed by atoms with E-state index >= 15 is 0 Å². The van der Waals surface area contributed by atoms with Crippen LogP contribution < -0.4 is 0 Å². The minimum absolute atomic E-state index is 0.351. The van der Waals surface area contributed by atoms with Crippen molar-refractivity contribution in [1.29, 1.82) is 0 Å². The molecule has 2 heteroatoms. The summed E-state index contributed by atoms with van der Waals surface area (Å²) in [6.45, 7) is 31.0. The third kappa shape index (κ3) is 7.50. The van der Waals surface area contributed by atoms with E-state index in [4.69, 9.17) is 0 Å². The third-order valence-electron chi connectivity index (χ3n) is 6.77. The van der Waals surface area contributed by atoms with Crippen molar-refractivity contribution in [2.24, 2.45) is 22.7 Å². The van der Waals surface area contributed by atoms with Crippen molar-refractivity contribution < 1.29 is 0 Å². The van der Waals surface area contributed by atoms with Crippen LogP contribution in [0.4, 0.5) is 0 Å². The van der Waals surface area contributed by atoms with E-state index in [-0.39, 0.29) is 0 Å². The lowest BCUT2D eigenvalue weighted by molar-refractivity contribution is 0.0388. The molecule has 156 valence electrons. The fourth-order valence-corrected chi connectivity index (χ4v) is 4.26. The molecule has 0 N–H and O–H groups in total. The Kier molecular flexibility index (Phi) is 8.24. The molecule has 2 saturated heterocycles. The SMILES string of the molecule is CC(C)(C)C1CCCN(C(C)(C)C)C1.CC(C)N1CCC(C(C)(C)C)C1. The van der Waals surface area contributed by atoms with E-state index in [9.17, 15) is 0 Å². The van der Waals surface area contributed by atoms with Gasteiger partial charge in [-0.15, -0.1) is 0 Å². The Morgan fingerprint density at radius 2 is 1.19 bits per heavy atom. The summed E-state index contributed by atoms with van der Waals surface area (Å²) in [6, 6.07) is 0.734. The van der Waals surface area contributed by atoms with Crippen molar-refractivity contribution in [3.05, 3.63) is 0 Å². The van der Waals surface area contributed by atoms with Crippen LogP contribution in [0.5, 0.6) is 0 Å². The molecule has 0 bridgehead atoms. The standard InChI is InChI=1S/C13H27N.C11H23N/c1-12(2,3)11-8-7-9-14(10-11)13(4,5)6;1-9(2)12-7-6-10(8-12)11(3,4)5/h11H,7-10H2,1-6H3;9-10H,6-8H2,1-5H3. The minimum Gasteiger partial charge on any atom is -0.301 e. The van der Waals surface area contributed by atoms with Gasteiger partial charge in [-0.2, -0.15) is 0 Å². The number of rotatable bonds is 1. The summed E-state index contributed by atoms with van der Waals surface area (Å²) in [5.41, 5.74) is 1.33. The zero-order chi connectivity index (χ0) is 20.3. The Morgan fingerprint density at radius 1 is 0.692 bits per heavy atom. The molecule has 2 aliphatic heterocycles. The van der Waals surface area contributed by atoms with Gasteiger partial charge in [-0.3, -0.25) is 4.90 Å². The monoisotopic (exact) mass is 366 g/mol. The average Bonchev–Trinajstić information content (AvgIpc) is 2.96. The second-order valence-corrected chi connectivity index (χ2v) is 12.3. The van der Waals surface area contributed by atoms with Gasteiger partial charge in [0.2, 0.25) is 0 Å². The van der Waals surface area contributed by atoms with Crippen LogP contribution >= 0.6 is 0 Å². The van der Waals surface area contributed by atoms with E-state index in [1.807, 2.05) is 0 Å². The topological polar surface area (TPSA) is 6.48 Å². The molecule has 0 aromatic carbocycles. The number of hydrogen-bond acceptors (Lipinski definition) is 2. The smallest absolute Gasteiger partial charge is 0.0125 e. The Morgan fingerprint density at radius 3 is 1.54 bits per heavy atom. The number of nitrogens with zero attached hydrogens (tertiary/aromatic N) is 2. The molecule has 26 heavy (non-hydrogen) atoms. The maximum Gasteiger partial charge on any atom is 0.0125 e. The lowest BCUT2D eigenvalue weighted by Gasteiger charge is -2.45. The van der Waals surface area contributed by atoms with Crippen LogP contribution in [0.3, 0.4) is 0 Å². The van der Waals surface area contributed by atoms with Crippen LogP contribution in [0.2, 0.25) is 0 Å². The van der Waals surface area contributed by atoms with Crippen molar-refractivity contribution in [3.8, 4) is 0 Å². The lowest BCUT2D eigenvalue weighted by Crippen LogP contribution is -2.49. The van der Waals surface area contributed by atoms with Crippen molar-refractivity contribution in [2.45, 2.75) is 107 Å². The van der Waals surface area contributed by atoms with E-state index in [0.29, 0.717) is 16.4 Å². The first-order valence-electron chi connectivity index (χ1n) is 11.1. The molecule has 0 saturated carbocycles. The predicted octanol–water partition coefficient (Wildman–Crippen LogP) is 6.31. The maximum absolute atomic E-state index is 2.65. The van der Waals surface area contributed by atoms with Gasteiger partial charge in [-0.1, -0.05) is 41.5 Å². The van der Waals surface area contributed by atoms with Crippen LogP contribution in [-0.2, 0) is 0 Å². The number of hydrogen-bond donors (Lipinski definition) is 0. The fourth-order valence-electron chi connectivity index (χ4n) is 4.26. The average molecular weight is 367 g/mol. The van der Waals surface area contributed by atoms with Crippen LogP contribution in [-0.4, -0.2) is 47.6 Å². The molecule has 0 aromatic rings. The summed E-state index contributed by atoms with van der Waals surface area (Å²) in [5, 5.41) is 0. The van der Waals surface area contributed by atoms with Gasteiger partial charge < -0.3 is 4.90 Å². The lowest BCUT2D eigenvalue weighted by atomic mass is 9.75. The van der Waals surface area contributed by atoms with Gasteiger partial charge in [-0.25, -0.2) is 0 Å². The highest BCUT2D eigenvalue weighted by Gasteiger charge is 2.34. The van der Waals surface area contributed by atoms with Gasteiger partial charge in [0.1, 0.15) is 0 Å². The molecule has 2 unspecified atom stereocenters. The molecule has 2 fully saturated rings. The van der Waals surface area contributed by atoms with Crippen LogP contribution in [0, 0.1) is 22.7 Å². The molecular weight excluding hydrogens is 316 g/mol. The normalized spacial score (nSPS) is 26.8. The quantitative estimate of drug-likeness (QED) is 0.537. The predicted molar refractivity (Wildman–Crippen MR) is 118 cm³/mol. The van der Waals surface area contributed by atoms with Crippen molar-refractivity contribution in [1.82, 2.24) is 9.80 Å². The first kappa shape index (κ1) is 24.0. The largest absolute Gasteiger partial charge is 0.301 e. The summed E-state index contributed by atoms with van der Waals surface area (Å²) in [4.78, 5) is 5.24. The Balaban J connectivity index is 0.000000263. The van der Waals surface area contributed by atoms with Crippen LogP contribution in [0.15, 0.2) is 0 Å². The Hall–Kier alpha value is -0.0800. The summed E-state index contributed by atoms with van der Waals surface area (Å²) in [6.07, 6.45) is 4.18. The molecule has 0 spiro atoms.